The number of aromatic amines is 1. The number of H-pyrrole nitrogens is 1. The van der Waals surface area contributed by atoms with E-state index in [4.69, 9.17) is 9.72 Å². The minimum absolute atomic E-state index is 0.150. The maximum absolute atomic E-state index is 13.6. The molecule has 0 unspecified atom stereocenters. The normalized spacial score (nSPS) is 19.2. The summed E-state index contributed by atoms with van der Waals surface area (Å²) in [6.07, 6.45) is 4.54. The molecule has 5 heterocycles. The Morgan fingerprint density at radius 1 is 1.20 bits per heavy atom. The topological polar surface area (TPSA) is 153 Å². The highest BCUT2D eigenvalue weighted by Crippen LogP contribution is 2.40. The summed E-state index contributed by atoms with van der Waals surface area (Å²) in [5, 5.41) is 17.1. The minimum Gasteiger partial charge on any atom is -0.368 e. The average Bonchev–Trinajstić information content (AvgIpc) is 3.77. The molecule has 1 amide bonds. The van der Waals surface area contributed by atoms with Gasteiger partial charge in [-0.2, -0.15) is 10.2 Å². The molecule has 0 radical (unpaired) electrons. The van der Waals surface area contributed by atoms with E-state index in [1.54, 1.807) is 24.4 Å². The Hall–Kier alpha value is -4.86. The molecule has 1 aliphatic rings. The number of nitrogens with one attached hydrogen (secondary N) is 3. The first kappa shape index (κ1) is 30.2. The number of pyridine rings is 1. The fraction of sp³-hybridized carbons (Fsp3) is 0.414. The van der Waals surface area contributed by atoms with Gasteiger partial charge in [-0.15, -0.1) is 0 Å². The first-order valence-electron chi connectivity index (χ1n) is 14.5. The van der Waals surface area contributed by atoms with E-state index >= 15 is 0 Å². The van der Waals surface area contributed by atoms with Crippen LogP contribution in [-0.4, -0.2) is 69.5 Å². The number of alkyl halides is 2. The Kier molecular flexibility index (Phi) is 8.22. The molecule has 1 aliphatic carbocycles. The summed E-state index contributed by atoms with van der Waals surface area (Å²) in [5.74, 6) is 0.919. The number of amides is 1. The summed E-state index contributed by atoms with van der Waals surface area (Å²) >= 11 is 0. The number of rotatable bonds is 10. The second kappa shape index (κ2) is 12.3. The zero-order valence-electron chi connectivity index (χ0n) is 24.8. The van der Waals surface area contributed by atoms with Crippen molar-refractivity contribution in [1.82, 2.24) is 49.8 Å². The number of anilines is 2. The Labute approximate surface area is 255 Å². The summed E-state index contributed by atoms with van der Waals surface area (Å²) in [4.78, 5) is 31.6. The maximum atomic E-state index is 13.6. The van der Waals surface area contributed by atoms with Crippen molar-refractivity contribution in [2.24, 2.45) is 0 Å². The van der Waals surface area contributed by atoms with E-state index in [9.17, 15) is 18.0 Å². The molecule has 45 heavy (non-hydrogen) atoms. The lowest BCUT2D eigenvalue weighted by molar-refractivity contribution is -0.148. The molecular formula is C29H32F3N11O2. The van der Waals surface area contributed by atoms with E-state index in [0.717, 1.165) is 17.5 Å². The van der Waals surface area contributed by atoms with Gasteiger partial charge >= 0.3 is 0 Å². The number of ether oxygens (including phenoxy) is 1. The van der Waals surface area contributed by atoms with Crippen LogP contribution < -0.4 is 10.6 Å². The van der Waals surface area contributed by atoms with Crippen LogP contribution in [0.3, 0.4) is 0 Å². The van der Waals surface area contributed by atoms with Crippen LogP contribution in [0, 0.1) is 12.7 Å². The lowest BCUT2D eigenvalue weighted by Crippen LogP contribution is -2.50. The van der Waals surface area contributed by atoms with Crippen molar-refractivity contribution in [1.29, 1.82) is 0 Å². The summed E-state index contributed by atoms with van der Waals surface area (Å²) < 4.78 is 48.4. The van der Waals surface area contributed by atoms with Crippen molar-refractivity contribution in [2.45, 2.75) is 70.1 Å². The van der Waals surface area contributed by atoms with Gasteiger partial charge in [-0.1, -0.05) is 6.07 Å². The molecule has 236 valence electrons. The van der Waals surface area contributed by atoms with Gasteiger partial charge in [0.05, 0.1) is 31.3 Å². The highest BCUT2D eigenvalue weighted by Gasteiger charge is 2.43. The number of fused-ring (bicyclic) bond motifs is 1. The van der Waals surface area contributed by atoms with Crippen LogP contribution >= 0.6 is 0 Å². The highest BCUT2D eigenvalue weighted by molar-refractivity contribution is 5.86. The SMILES string of the molecule is COC1(C(=O)N[C@@H](C)c2ccc(-n3cc(F)cn3)nc2)CCC(c2nc(Nc3cc(C)[nH]n3)c3ncn(CC(F)F)c3n2)CC1. The van der Waals surface area contributed by atoms with Gasteiger partial charge in [-0.05, 0) is 51.2 Å². The van der Waals surface area contributed by atoms with Crippen molar-refractivity contribution in [3.63, 3.8) is 0 Å². The van der Waals surface area contributed by atoms with Crippen LogP contribution in [0.1, 0.15) is 61.6 Å². The first-order chi connectivity index (χ1) is 21.6. The van der Waals surface area contributed by atoms with E-state index < -0.39 is 24.4 Å². The molecule has 0 aliphatic heterocycles. The molecule has 0 bridgehead atoms. The molecule has 1 saturated carbocycles. The third kappa shape index (κ3) is 6.22. The molecule has 13 nitrogen and oxygen atoms in total. The fourth-order valence-electron chi connectivity index (χ4n) is 5.61. The monoisotopic (exact) mass is 623 g/mol. The van der Waals surface area contributed by atoms with Crippen LogP contribution in [0.2, 0.25) is 0 Å². The number of imidazole rings is 1. The molecule has 16 heteroatoms. The van der Waals surface area contributed by atoms with Crippen LogP contribution in [0.5, 0.6) is 0 Å². The van der Waals surface area contributed by atoms with E-state index in [-0.39, 0.29) is 17.9 Å². The number of aryl methyl sites for hydroxylation is 1. The second-order valence-corrected chi connectivity index (χ2v) is 11.2. The van der Waals surface area contributed by atoms with Crippen molar-refractivity contribution >= 4 is 28.7 Å². The van der Waals surface area contributed by atoms with Gasteiger partial charge in [0.1, 0.15) is 11.4 Å². The van der Waals surface area contributed by atoms with Gasteiger partial charge in [0.25, 0.3) is 12.3 Å². The third-order valence-corrected chi connectivity index (χ3v) is 8.14. The number of nitrogens with zero attached hydrogens (tertiary/aromatic N) is 8. The summed E-state index contributed by atoms with van der Waals surface area (Å²) in [7, 11) is 1.52. The van der Waals surface area contributed by atoms with Gasteiger partial charge in [-0.3, -0.25) is 9.89 Å². The lowest BCUT2D eigenvalue weighted by atomic mass is 9.77. The van der Waals surface area contributed by atoms with Crippen molar-refractivity contribution in [3.05, 3.63) is 66.0 Å². The quantitative estimate of drug-likeness (QED) is 0.204. The number of halogens is 3. The minimum atomic E-state index is -2.58. The van der Waals surface area contributed by atoms with Gasteiger partial charge in [0.2, 0.25) is 0 Å². The molecule has 1 atom stereocenters. The fourth-order valence-corrected chi connectivity index (χ4v) is 5.61. The average molecular weight is 624 g/mol. The number of hydrogen-bond acceptors (Lipinski definition) is 9. The largest absolute Gasteiger partial charge is 0.368 e. The van der Waals surface area contributed by atoms with E-state index in [1.807, 2.05) is 13.8 Å². The van der Waals surface area contributed by atoms with Gasteiger partial charge < -0.3 is 19.9 Å². The molecule has 3 N–H and O–H groups in total. The molecule has 0 spiro atoms. The maximum Gasteiger partial charge on any atom is 0.256 e. The summed E-state index contributed by atoms with van der Waals surface area (Å²) in [5.41, 5.74) is 1.17. The zero-order valence-corrected chi connectivity index (χ0v) is 24.8. The summed E-state index contributed by atoms with van der Waals surface area (Å²) in [6.45, 7) is 3.15. The molecular weight excluding hydrogens is 591 g/mol. The van der Waals surface area contributed by atoms with Gasteiger partial charge in [-0.25, -0.2) is 37.8 Å². The second-order valence-electron chi connectivity index (χ2n) is 11.2. The predicted octanol–water partition coefficient (Wildman–Crippen LogP) is 4.51. The number of methoxy groups -OCH3 is 1. The lowest BCUT2D eigenvalue weighted by Gasteiger charge is -2.38. The Balaban J connectivity index is 1.17. The van der Waals surface area contributed by atoms with Gasteiger partial charge in [0, 0.05) is 31.0 Å². The van der Waals surface area contributed by atoms with Crippen molar-refractivity contribution in [3.8, 4) is 5.82 Å². The van der Waals surface area contributed by atoms with Gasteiger partial charge in [0.15, 0.2) is 34.4 Å². The molecule has 0 saturated heterocycles. The predicted molar refractivity (Wildman–Crippen MR) is 157 cm³/mol. The number of hydrogen-bond donors (Lipinski definition) is 3. The van der Waals surface area contributed by atoms with Crippen LogP contribution in [-0.2, 0) is 16.1 Å². The molecule has 0 aromatic carbocycles. The van der Waals surface area contributed by atoms with Crippen molar-refractivity contribution < 1.29 is 22.7 Å². The van der Waals surface area contributed by atoms with E-state index in [2.05, 4.69) is 40.9 Å². The zero-order chi connectivity index (χ0) is 31.7. The standard InChI is InChI=1S/C29H32F3N11O2/c1-16-10-22(41-40-16)37-26-24-27(42(15-34-24)14-21(31)32)39-25(38-26)18-6-8-29(45-3,9-7-18)28(44)36-17(2)19-4-5-23(33-11-19)43-13-20(30)12-35-43/h4-5,10-13,15,17-18,21H,6-9,14H2,1-3H3,(H,36,44)(H2,37,38,39,40,41)/t17-,18?,29?/m0/s1. The van der Waals surface area contributed by atoms with Crippen LogP contribution in [0.25, 0.3) is 17.0 Å². The molecule has 5 aromatic heterocycles. The summed E-state index contributed by atoms with van der Waals surface area (Å²) in [6, 6.07) is 4.91. The smallest absolute Gasteiger partial charge is 0.256 e. The number of carbonyl (C=O) groups is 1. The molecule has 5 aromatic rings. The highest BCUT2D eigenvalue weighted by atomic mass is 19.3. The number of carbonyl (C=O) groups excluding carboxylic acids is 1. The van der Waals surface area contributed by atoms with Crippen LogP contribution in [0.4, 0.5) is 24.8 Å². The number of aromatic nitrogens is 9. The third-order valence-electron chi connectivity index (χ3n) is 8.14. The van der Waals surface area contributed by atoms with E-state index in [1.165, 1.54) is 28.9 Å². The van der Waals surface area contributed by atoms with Crippen LogP contribution in [0.15, 0.2) is 43.1 Å². The van der Waals surface area contributed by atoms with E-state index in [0.29, 0.717) is 60.1 Å². The Morgan fingerprint density at radius 3 is 2.62 bits per heavy atom. The molecule has 1 fully saturated rings. The Bertz CT molecular complexity index is 1790. The first-order valence-corrected chi connectivity index (χ1v) is 14.5. The van der Waals surface area contributed by atoms with Crippen molar-refractivity contribution in [2.75, 3.05) is 12.4 Å². The molecule has 6 rings (SSSR count). The Morgan fingerprint density at radius 2 is 2.00 bits per heavy atom.